The molecule has 0 aliphatic heterocycles. The van der Waals surface area contributed by atoms with Crippen molar-refractivity contribution in [1.29, 1.82) is 15.8 Å². The highest BCUT2D eigenvalue weighted by Gasteiger charge is 2.55. The minimum atomic E-state index is -1.64. The van der Waals surface area contributed by atoms with Gasteiger partial charge in [0.25, 0.3) is 0 Å². The molecule has 0 saturated heterocycles. The molecule has 0 heterocycles. The summed E-state index contributed by atoms with van der Waals surface area (Å²) in [5.41, 5.74) is 6.86. The first-order valence-electron chi connectivity index (χ1n) is 10.8. The average molecular weight is 415 g/mol. The minimum absolute atomic E-state index is 0.0565. The standard InChI is InChI=1S/C26H30N4O/c1-16(2)31-22-9-7-6-8-19(22)23-20-12-17(25(3,4)5)10-11-18(20)21(13-27)24(30)26(23,14-28)15-29/h6-9,11,16-17,20,23H,10,12,30H2,1-5H3/t17-,20-,23-/m1/s1. The van der Waals surface area contributed by atoms with E-state index in [1.54, 1.807) is 0 Å². The van der Waals surface area contributed by atoms with Crippen molar-refractivity contribution in [2.24, 2.45) is 28.4 Å². The van der Waals surface area contributed by atoms with Gasteiger partial charge in [-0.15, -0.1) is 0 Å². The topological polar surface area (TPSA) is 107 Å². The van der Waals surface area contributed by atoms with Crippen molar-refractivity contribution in [3.05, 3.63) is 52.7 Å². The van der Waals surface area contributed by atoms with E-state index in [0.717, 1.165) is 24.0 Å². The zero-order chi connectivity index (χ0) is 23.0. The number of rotatable bonds is 3. The number of nitrogens with zero attached hydrogens (tertiary/aromatic N) is 3. The monoisotopic (exact) mass is 414 g/mol. The van der Waals surface area contributed by atoms with Crippen LogP contribution in [0.2, 0.25) is 0 Å². The van der Waals surface area contributed by atoms with Gasteiger partial charge in [0.1, 0.15) is 11.8 Å². The van der Waals surface area contributed by atoms with Gasteiger partial charge in [0.15, 0.2) is 5.41 Å². The van der Waals surface area contributed by atoms with Crippen molar-refractivity contribution in [3.8, 4) is 24.0 Å². The molecule has 2 aliphatic carbocycles. The minimum Gasteiger partial charge on any atom is -0.491 e. The zero-order valence-electron chi connectivity index (χ0n) is 18.9. The Hall–Kier alpha value is -3.23. The third-order valence-corrected chi connectivity index (χ3v) is 6.72. The third kappa shape index (κ3) is 3.68. The van der Waals surface area contributed by atoms with Gasteiger partial charge in [-0.3, -0.25) is 0 Å². The van der Waals surface area contributed by atoms with Crippen LogP contribution in [0.5, 0.6) is 5.75 Å². The van der Waals surface area contributed by atoms with Crippen LogP contribution in [0.15, 0.2) is 47.2 Å². The molecule has 2 N–H and O–H groups in total. The summed E-state index contributed by atoms with van der Waals surface area (Å²) in [6.45, 7) is 10.5. The summed E-state index contributed by atoms with van der Waals surface area (Å²) in [6, 6.07) is 14.2. The van der Waals surface area contributed by atoms with E-state index in [9.17, 15) is 15.8 Å². The van der Waals surface area contributed by atoms with Crippen LogP contribution in [-0.4, -0.2) is 6.10 Å². The molecule has 0 fully saturated rings. The highest BCUT2D eigenvalue weighted by molar-refractivity contribution is 5.60. The van der Waals surface area contributed by atoms with E-state index in [-0.39, 0.29) is 23.1 Å². The van der Waals surface area contributed by atoms with Crippen molar-refractivity contribution < 1.29 is 4.74 Å². The summed E-state index contributed by atoms with van der Waals surface area (Å²) in [6.07, 6.45) is 3.67. The Labute approximate surface area is 185 Å². The fourth-order valence-corrected chi connectivity index (χ4v) is 5.04. The Morgan fingerprint density at radius 3 is 2.32 bits per heavy atom. The van der Waals surface area contributed by atoms with Crippen LogP contribution >= 0.6 is 0 Å². The van der Waals surface area contributed by atoms with Crippen molar-refractivity contribution in [3.63, 3.8) is 0 Å². The Morgan fingerprint density at radius 2 is 1.77 bits per heavy atom. The van der Waals surface area contributed by atoms with Crippen molar-refractivity contribution >= 4 is 0 Å². The first-order chi connectivity index (χ1) is 14.6. The molecule has 5 heteroatoms. The smallest absolute Gasteiger partial charge is 0.191 e. The van der Waals surface area contributed by atoms with E-state index in [1.807, 2.05) is 38.1 Å². The van der Waals surface area contributed by atoms with Crippen LogP contribution in [0.3, 0.4) is 0 Å². The van der Waals surface area contributed by atoms with Gasteiger partial charge in [0.2, 0.25) is 0 Å². The van der Waals surface area contributed by atoms with E-state index >= 15 is 0 Å². The van der Waals surface area contributed by atoms with Gasteiger partial charge in [-0.05, 0) is 55.6 Å². The molecule has 160 valence electrons. The van der Waals surface area contributed by atoms with E-state index in [1.165, 1.54) is 0 Å². The number of ether oxygens (including phenoxy) is 1. The number of allylic oxidation sites excluding steroid dienone is 4. The van der Waals surface area contributed by atoms with Crippen molar-refractivity contribution in [2.75, 3.05) is 0 Å². The Bertz CT molecular complexity index is 1040. The van der Waals surface area contributed by atoms with Crippen LogP contribution in [-0.2, 0) is 0 Å². The lowest BCUT2D eigenvalue weighted by Gasteiger charge is -2.47. The molecule has 1 aromatic rings. The van der Waals surface area contributed by atoms with E-state index < -0.39 is 11.3 Å². The lowest BCUT2D eigenvalue weighted by molar-refractivity contribution is 0.167. The lowest BCUT2D eigenvalue weighted by atomic mass is 9.54. The second-order valence-electron chi connectivity index (χ2n) is 9.91. The summed E-state index contributed by atoms with van der Waals surface area (Å²) in [7, 11) is 0. The maximum absolute atomic E-state index is 10.3. The van der Waals surface area contributed by atoms with Crippen LogP contribution in [0.1, 0.15) is 58.9 Å². The quantitative estimate of drug-likeness (QED) is 0.718. The molecule has 0 amide bonds. The lowest BCUT2D eigenvalue weighted by Crippen LogP contribution is -2.44. The highest BCUT2D eigenvalue weighted by atomic mass is 16.5. The van der Waals surface area contributed by atoms with Gasteiger partial charge in [-0.1, -0.05) is 45.0 Å². The van der Waals surface area contributed by atoms with Gasteiger partial charge in [0, 0.05) is 11.5 Å². The summed E-state index contributed by atoms with van der Waals surface area (Å²) in [5, 5.41) is 30.5. The second-order valence-corrected chi connectivity index (χ2v) is 9.91. The van der Waals surface area contributed by atoms with Gasteiger partial charge in [0.05, 0.1) is 29.5 Å². The molecule has 0 unspecified atom stereocenters. The fraction of sp³-hybridized carbons (Fsp3) is 0.500. The molecule has 5 nitrogen and oxygen atoms in total. The SMILES string of the molecule is CC(C)Oc1ccccc1[C@@H]1[C@@H]2C[C@H](C(C)(C)C)CC=C2C(C#N)=C(N)C1(C#N)C#N. The number of nitriles is 3. The zero-order valence-corrected chi connectivity index (χ0v) is 18.9. The van der Waals surface area contributed by atoms with Crippen LogP contribution < -0.4 is 10.5 Å². The molecule has 2 aliphatic rings. The number of hydrogen-bond donors (Lipinski definition) is 1. The van der Waals surface area contributed by atoms with Crippen LogP contribution in [0, 0.1) is 56.7 Å². The summed E-state index contributed by atoms with van der Waals surface area (Å²) in [5.74, 6) is 0.321. The first kappa shape index (κ1) is 22.5. The fourth-order valence-electron chi connectivity index (χ4n) is 5.04. The van der Waals surface area contributed by atoms with Gasteiger partial charge in [-0.2, -0.15) is 15.8 Å². The van der Waals surface area contributed by atoms with Crippen LogP contribution in [0.4, 0.5) is 0 Å². The molecule has 0 aromatic heterocycles. The van der Waals surface area contributed by atoms with Crippen molar-refractivity contribution in [2.45, 2.75) is 59.5 Å². The summed E-state index contributed by atoms with van der Waals surface area (Å²) in [4.78, 5) is 0. The number of benzene rings is 1. The van der Waals surface area contributed by atoms with Gasteiger partial charge in [-0.25, -0.2) is 0 Å². The molecule has 1 aromatic carbocycles. The molecule has 0 bridgehead atoms. The predicted octanol–water partition coefficient (Wildman–Crippen LogP) is 5.34. The maximum atomic E-state index is 10.3. The highest BCUT2D eigenvalue weighted by Crippen LogP contribution is 2.59. The third-order valence-electron chi connectivity index (χ3n) is 6.72. The molecular weight excluding hydrogens is 384 g/mol. The molecule has 31 heavy (non-hydrogen) atoms. The molecule has 0 spiro atoms. The van der Waals surface area contributed by atoms with E-state index in [2.05, 4.69) is 45.1 Å². The molecule has 3 atom stereocenters. The molecular formula is C26H30N4O. The number of nitrogens with two attached hydrogens (primary N) is 1. The Kier molecular flexibility index (Phi) is 5.89. The average Bonchev–Trinajstić information content (AvgIpc) is 2.72. The first-order valence-corrected chi connectivity index (χ1v) is 10.8. The molecule has 0 saturated carbocycles. The second kappa shape index (κ2) is 8.13. The molecule has 0 radical (unpaired) electrons. The van der Waals surface area contributed by atoms with E-state index in [4.69, 9.17) is 10.5 Å². The van der Waals surface area contributed by atoms with Gasteiger partial charge >= 0.3 is 0 Å². The summed E-state index contributed by atoms with van der Waals surface area (Å²) < 4.78 is 6.08. The van der Waals surface area contributed by atoms with Crippen molar-refractivity contribution in [1.82, 2.24) is 0 Å². The maximum Gasteiger partial charge on any atom is 0.191 e. The molecule has 3 rings (SSSR count). The van der Waals surface area contributed by atoms with E-state index in [0.29, 0.717) is 17.2 Å². The number of hydrogen-bond acceptors (Lipinski definition) is 5. The summed E-state index contributed by atoms with van der Waals surface area (Å²) >= 11 is 0. The normalized spacial score (nSPS) is 25.0. The number of fused-ring (bicyclic) bond motifs is 1. The van der Waals surface area contributed by atoms with Gasteiger partial charge < -0.3 is 10.5 Å². The Morgan fingerprint density at radius 1 is 1.13 bits per heavy atom. The predicted molar refractivity (Wildman–Crippen MR) is 119 cm³/mol. The largest absolute Gasteiger partial charge is 0.491 e. The number of para-hydroxylation sites is 1. The van der Waals surface area contributed by atoms with Crippen LogP contribution in [0.25, 0.3) is 0 Å². The Balaban J connectivity index is 2.32.